The fourth-order valence-corrected chi connectivity index (χ4v) is 3.05. The van der Waals surface area contributed by atoms with E-state index in [0.29, 0.717) is 0 Å². The van der Waals surface area contributed by atoms with Gasteiger partial charge < -0.3 is 9.80 Å². The highest BCUT2D eigenvalue weighted by Crippen LogP contribution is 2.38. The number of halogens is 2. The zero-order valence-electron chi connectivity index (χ0n) is 15.7. The summed E-state index contributed by atoms with van der Waals surface area (Å²) >= 11 is 0. The largest absolute Gasteiger partial charge is 0.309 e. The van der Waals surface area contributed by atoms with E-state index >= 15 is 0 Å². The minimum Gasteiger partial charge on any atom is -0.309 e. The third-order valence-electron chi connectivity index (χ3n) is 4.45. The Bertz CT molecular complexity index is 521. The van der Waals surface area contributed by atoms with Crippen LogP contribution >= 0.6 is 24.8 Å². The summed E-state index contributed by atoms with van der Waals surface area (Å²) in [7, 11) is 8.56. The molecule has 0 spiro atoms. The lowest BCUT2D eigenvalue weighted by Crippen LogP contribution is -2.36. The molecule has 0 amide bonds. The zero-order valence-corrected chi connectivity index (χ0v) is 17.3. The maximum Gasteiger partial charge on any atom is 0.0510 e. The van der Waals surface area contributed by atoms with Crippen LogP contribution in [0.3, 0.4) is 0 Å². The molecule has 0 aliphatic carbocycles. The molecule has 3 nitrogen and oxygen atoms in total. The Balaban J connectivity index is 0.00000288. The molecule has 0 unspecified atom stereocenters. The molecule has 5 heteroatoms. The van der Waals surface area contributed by atoms with E-state index in [9.17, 15) is 0 Å². The molecule has 0 saturated heterocycles. The van der Waals surface area contributed by atoms with Crippen molar-refractivity contribution in [2.45, 2.75) is 18.3 Å². The number of benzene rings is 1. The first-order chi connectivity index (χ1) is 11.0. The summed E-state index contributed by atoms with van der Waals surface area (Å²) in [5.41, 5.74) is 2.49. The fourth-order valence-electron chi connectivity index (χ4n) is 3.05. The summed E-state index contributed by atoms with van der Waals surface area (Å²) in [5, 5.41) is 0. The van der Waals surface area contributed by atoms with E-state index in [1.807, 2.05) is 12.3 Å². The van der Waals surface area contributed by atoms with Crippen molar-refractivity contribution in [2.75, 3.05) is 41.3 Å². The number of nitrogens with zero attached hydrogens (tertiary/aromatic N) is 3. The molecule has 0 fully saturated rings. The average molecular weight is 384 g/mol. The highest BCUT2D eigenvalue weighted by Gasteiger charge is 2.35. The minimum atomic E-state index is -0.0446. The SMILES string of the molecule is CN(C)CCC(CCN(C)C)(c1ccccc1)c1ccccn1.Cl.Cl. The van der Waals surface area contributed by atoms with Gasteiger partial charge in [-0.25, -0.2) is 0 Å². The van der Waals surface area contributed by atoms with Gasteiger partial charge in [0.1, 0.15) is 0 Å². The average Bonchev–Trinajstić information content (AvgIpc) is 2.56. The third kappa shape index (κ3) is 6.59. The molecule has 0 atom stereocenters. The Kier molecular flexibility index (Phi) is 11.0. The van der Waals surface area contributed by atoms with Crippen molar-refractivity contribution in [1.29, 1.82) is 0 Å². The monoisotopic (exact) mass is 383 g/mol. The van der Waals surface area contributed by atoms with Crippen LogP contribution < -0.4 is 0 Å². The summed E-state index contributed by atoms with van der Waals surface area (Å²) in [4.78, 5) is 9.27. The first-order valence-corrected chi connectivity index (χ1v) is 8.31. The van der Waals surface area contributed by atoms with Gasteiger partial charge in [-0.1, -0.05) is 36.4 Å². The zero-order chi connectivity index (χ0) is 16.7. The van der Waals surface area contributed by atoms with Gasteiger partial charge >= 0.3 is 0 Å². The molecule has 0 aliphatic rings. The normalized spacial score (nSPS) is 11.1. The Morgan fingerprint density at radius 1 is 0.760 bits per heavy atom. The molecule has 0 radical (unpaired) electrons. The van der Waals surface area contributed by atoms with Gasteiger partial charge in [-0.05, 0) is 71.8 Å². The topological polar surface area (TPSA) is 19.4 Å². The molecule has 0 bridgehead atoms. The molecule has 1 aromatic heterocycles. The number of hydrogen-bond donors (Lipinski definition) is 0. The number of rotatable bonds is 8. The van der Waals surface area contributed by atoms with Crippen LogP contribution in [0.5, 0.6) is 0 Å². The van der Waals surface area contributed by atoms with E-state index in [1.54, 1.807) is 0 Å². The second kappa shape index (κ2) is 11.5. The molecule has 0 aliphatic heterocycles. The van der Waals surface area contributed by atoms with Crippen LogP contribution in [0.4, 0.5) is 0 Å². The molecule has 2 aromatic rings. The van der Waals surface area contributed by atoms with Crippen molar-refractivity contribution in [3.63, 3.8) is 0 Å². The second-order valence-corrected chi connectivity index (χ2v) is 6.77. The van der Waals surface area contributed by atoms with E-state index in [1.165, 1.54) is 11.3 Å². The molecule has 25 heavy (non-hydrogen) atoms. The minimum absolute atomic E-state index is 0. The molecule has 1 heterocycles. The number of hydrogen-bond acceptors (Lipinski definition) is 3. The third-order valence-corrected chi connectivity index (χ3v) is 4.45. The lowest BCUT2D eigenvalue weighted by Gasteiger charge is -2.36. The van der Waals surface area contributed by atoms with Crippen molar-refractivity contribution in [1.82, 2.24) is 14.8 Å². The van der Waals surface area contributed by atoms with Crippen LogP contribution in [0.15, 0.2) is 54.7 Å². The first kappa shape index (κ1) is 23.9. The maximum atomic E-state index is 4.75. The molecule has 0 N–H and O–H groups in total. The quantitative estimate of drug-likeness (QED) is 0.683. The van der Waals surface area contributed by atoms with Gasteiger partial charge in [0.25, 0.3) is 0 Å². The summed E-state index contributed by atoms with van der Waals surface area (Å²) in [5.74, 6) is 0. The van der Waals surface area contributed by atoms with Crippen molar-refractivity contribution in [2.24, 2.45) is 0 Å². The number of aromatic nitrogens is 1. The predicted molar refractivity (Wildman–Crippen MR) is 112 cm³/mol. The summed E-state index contributed by atoms with van der Waals surface area (Å²) in [6.07, 6.45) is 4.04. The van der Waals surface area contributed by atoms with Crippen molar-refractivity contribution < 1.29 is 0 Å². The second-order valence-electron chi connectivity index (χ2n) is 6.77. The van der Waals surface area contributed by atoms with Gasteiger partial charge in [0.15, 0.2) is 0 Å². The number of pyridine rings is 1. The van der Waals surface area contributed by atoms with E-state index in [4.69, 9.17) is 4.98 Å². The van der Waals surface area contributed by atoms with Crippen molar-refractivity contribution >= 4 is 24.8 Å². The van der Waals surface area contributed by atoms with Gasteiger partial charge in [-0.15, -0.1) is 24.8 Å². The molecule has 1 aromatic carbocycles. The van der Waals surface area contributed by atoms with Gasteiger partial charge in [0, 0.05) is 11.6 Å². The van der Waals surface area contributed by atoms with Gasteiger partial charge in [0.05, 0.1) is 5.69 Å². The van der Waals surface area contributed by atoms with Gasteiger partial charge in [-0.3, -0.25) is 4.98 Å². The van der Waals surface area contributed by atoms with Gasteiger partial charge in [-0.2, -0.15) is 0 Å². The summed E-state index contributed by atoms with van der Waals surface area (Å²) < 4.78 is 0. The van der Waals surface area contributed by atoms with Crippen LogP contribution in [-0.4, -0.2) is 56.1 Å². The van der Waals surface area contributed by atoms with E-state index < -0.39 is 0 Å². The highest BCUT2D eigenvalue weighted by molar-refractivity contribution is 5.85. The van der Waals surface area contributed by atoms with Crippen LogP contribution in [0.2, 0.25) is 0 Å². The van der Waals surface area contributed by atoms with Crippen molar-refractivity contribution in [3.05, 3.63) is 66.0 Å². The lowest BCUT2D eigenvalue weighted by molar-refractivity contribution is 0.292. The lowest BCUT2D eigenvalue weighted by atomic mass is 9.71. The van der Waals surface area contributed by atoms with E-state index in [0.717, 1.165) is 25.9 Å². The van der Waals surface area contributed by atoms with Crippen LogP contribution in [0.1, 0.15) is 24.1 Å². The van der Waals surface area contributed by atoms with E-state index in [-0.39, 0.29) is 30.2 Å². The van der Waals surface area contributed by atoms with Crippen molar-refractivity contribution in [3.8, 4) is 0 Å². The standard InChI is InChI=1S/C20H29N3.2ClH/c1-22(2)16-13-20(14-17-23(3)4,18-10-6-5-7-11-18)19-12-8-9-15-21-19;;/h5-12,15H,13-14,16-17H2,1-4H3;2*1H. The van der Waals surface area contributed by atoms with Gasteiger partial charge in [0.2, 0.25) is 0 Å². The first-order valence-electron chi connectivity index (χ1n) is 8.31. The Hall–Kier alpha value is -1.13. The molecular formula is C20H31Cl2N3. The summed E-state index contributed by atoms with van der Waals surface area (Å²) in [6, 6.07) is 17.1. The molecular weight excluding hydrogens is 353 g/mol. The Morgan fingerprint density at radius 3 is 1.72 bits per heavy atom. The fraction of sp³-hybridized carbons (Fsp3) is 0.450. The molecule has 2 rings (SSSR count). The highest BCUT2D eigenvalue weighted by atomic mass is 35.5. The Morgan fingerprint density at radius 2 is 1.28 bits per heavy atom. The Labute approximate surface area is 165 Å². The van der Waals surface area contributed by atoms with Crippen LogP contribution in [-0.2, 0) is 5.41 Å². The summed E-state index contributed by atoms with van der Waals surface area (Å²) in [6.45, 7) is 2.08. The van der Waals surface area contributed by atoms with Crippen LogP contribution in [0.25, 0.3) is 0 Å². The molecule has 0 saturated carbocycles. The molecule has 140 valence electrons. The predicted octanol–water partition coefficient (Wildman–Crippen LogP) is 4.11. The van der Waals surface area contributed by atoms with Crippen LogP contribution in [0, 0.1) is 0 Å². The smallest absolute Gasteiger partial charge is 0.0510 e. The maximum absolute atomic E-state index is 4.75. The van der Waals surface area contributed by atoms with E-state index in [2.05, 4.69) is 80.5 Å².